The van der Waals surface area contributed by atoms with Crippen LogP contribution < -0.4 is 5.32 Å². The molecule has 1 N–H and O–H groups in total. The van der Waals surface area contributed by atoms with Crippen LogP contribution in [0.3, 0.4) is 0 Å². The van der Waals surface area contributed by atoms with Gasteiger partial charge in [0.05, 0.1) is 4.90 Å². The standard InChI is InChI=1S/C12H17NO2S/c1-2-10-5-7-11(8-6-10)16(14,15)12-4-3-9-13-12/h5-8,12-13H,2-4,9H2,1H3. The Balaban J connectivity index is 2.28. The molecule has 4 heteroatoms. The van der Waals surface area contributed by atoms with E-state index in [1.165, 1.54) is 5.56 Å². The van der Waals surface area contributed by atoms with Crippen LogP contribution in [0.1, 0.15) is 25.3 Å². The van der Waals surface area contributed by atoms with E-state index in [1.54, 1.807) is 12.1 Å². The summed E-state index contributed by atoms with van der Waals surface area (Å²) in [6.07, 6.45) is 2.59. The van der Waals surface area contributed by atoms with Crippen molar-refractivity contribution in [2.75, 3.05) is 6.54 Å². The molecule has 1 aliphatic heterocycles. The highest BCUT2D eigenvalue weighted by atomic mass is 32.2. The average Bonchev–Trinajstić information content (AvgIpc) is 2.83. The molecule has 1 aliphatic rings. The van der Waals surface area contributed by atoms with E-state index in [2.05, 4.69) is 12.2 Å². The fourth-order valence-corrected chi connectivity index (χ4v) is 3.65. The molecule has 3 nitrogen and oxygen atoms in total. The molecule has 0 amide bonds. The van der Waals surface area contributed by atoms with Gasteiger partial charge < -0.3 is 5.32 Å². The Morgan fingerprint density at radius 1 is 1.31 bits per heavy atom. The van der Waals surface area contributed by atoms with Crippen LogP contribution >= 0.6 is 0 Å². The molecule has 2 rings (SSSR count). The van der Waals surface area contributed by atoms with Gasteiger partial charge in [-0.25, -0.2) is 8.42 Å². The lowest BCUT2D eigenvalue weighted by Gasteiger charge is -2.12. The van der Waals surface area contributed by atoms with Crippen LogP contribution in [-0.2, 0) is 16.3 Å². The van der Waals surface area contributed by atoms with Gasteiger partial charge in [-0.2, -0.15) is 0 Å². The van der Waals surface area contributed by atoms with E-state index < -0.39 is 9.84 Å². The molecule has 1 saturated heterocycles. The third-order valence-corrected chi connectivity index (χ3v) is 5.13. The van der Waals surface area contributed by atoms with Gasteiger partial charge in [0, 0.05) is 0 Å². The summed E-state index contributed by atoms with van der Waals surface area (Å²) in [6, 6.07) is 7.21. The summed E-state index contributed by atoms with van der Waals surface area (Å²) in [4.78, 5) is 0.434. The summed E-state index contributed by atoms with van der Waals surface area (Å²) < 4.78 is 24.3. The fraction of sp³-hybridized carbons (Fsp3) is 0.500. The topological polar surface area (TPSA) is 46.2 Å². The molecule has 0 spiro atoms. The zero-order chi connectivity index (χ0) is 11.6. The first-order valence-corrected chi connectivity index (χ1v) is 7.25. The van der Waals surface area contributed by atoms with E-state index in [0.29, 0.717) is 4.90 Å². The highest BCUT2D eigenvalue weighted by Gasteiger charge is 2.29. The Labute approximate surface area is 96.8 Å². The quantitative estimate of drug-likeness (QED) is 0.874. The van der Waals surface area contributed by atoms with E-state index in [-0.39, 0.29) is 5.37 Å². The van der Waals surface area contributed by atoms with Crippen LogP contribution in [0, 0.1) is 0 Å². The molecule has 1 heterocycles. The number of benzene rings is 1. The van der Waals surface area contributed by atoms with Gasteiger partial charge in [-0.1, -0.05) is 19.1 Å². The number of rotatable bonds is 3. The second-order valence-electron chi connectivity index (χ2n) is 4.13. The summed E-state index contributed by atoms with van der Waals surface area (Å²) in [5.41, 5.74) is 1.17. The van der Waals surface area contributed by atoms with E-state index >= 15 is 0 Å². The predicted molar refractivity (Wildman–Crippen MR) is 64.0 cm³/mol. The second kappa shape index (κ2) is 4.55. The molecule has 1 atom stereocenters. The van der Waals surface area contributed by atoms with Crippen LogP contribution in [0.5, 0.6) is 0 Å². The van der Waals surface area contributed by atoms with Crippen molar-refractivity contribution < 1.29 is 8.42 Å². The Hall–Kier alpha value is -0.870. The first-order valence-electron chi connectivity index (χ1n) is 5.71. The molecule has 0 aromatic heterocycles. The largest absolute Gasteiger partial charge is 0.301 e. The SMILES string of the molecule is CCc1ccc(S(=O)(=O)C2CCCN2)cc1. The molecule has 1 aromatic rings. The summed E-state index contributed by atoms with van der Waals surface area (Å²) in [5.74, 6) is 0. The number of aryl methyl sites for hydroxylation is 1. The van der Waals surface area contributed by atoms with Crippen molar-refractivity contribution >= 4 is 9.84 Å². The zero-order valence-corrected chi connectivity index (χ0v) is 10.3. The highest BCUT2D eigenvalue weighted by molar-refractivity contribution is 7.92. The molecule has 16 heavy (non-hydrogen) atoms. The minimum absolute atomic E-state index is 0.389. The van der Waals surface area contributed by atoms with Crippen molar-refractivity contribution in [2.45, 2.75) is 36.5 Å². The molecule has 0 radical (unpaired) electrons. The third-order valence-electron chi connectivity index (χ3n) is 3.05. The van der Waals surface area contributed by atoms with Crippen LogP contribution in [0.4, 0.5) is 0 Å². The molecular formula is C12H17NO2S. The normalized spacial score (nSPS) is 21.2. The lowest BCUT2D eigenvalue weighted by Crippen LogP contribution is -2.30. The molecule has 1 unspecified atom stereocenters. The van der Waals surface area contributed by atoms with Gasteiger partial charge in [0.2, 0.25) is 0 Å². The van der Waals surface area contributed by atoms with E-state index in [1.807, 2.05) is 12.1 Å². The van der Waals surface area contributed by atoms with E-state index in [4.69, 9.17) is 0 Å². The molecular weight excluding hydrogens is 222 g/mol. The summed E-state index contributed by atoms with van der Waals surface area (Å²) >= 11 is 0. The van der Waals surface area contributed by atoms with Crippen molar-refractivity contribution in [1.29, 1.82) is 0 Å². The molecule has 88 valence electrons. The summed E-state index contributed by atoms with van der Waals surface area (Å²) in [6.45, 7) is 2.86. The van der Waals surface area contributed by atoms with Gasteiger partial charge in [-0.15, -0.1) is 0 Å². The van der Waals surface area contributed by atoms with Crippen molar-refractivity contribution in [2.24, 2.45) is 0 Å². The van der Waals surface area contributed by atoms with Crippen LogP contribution in [0.15, 0.2) is 29.2 Å². The summed E-state index contributed by atoms with van der Waals surface area (Å²) in [7, 11) is -3.17. The van der Waals surface area contributed by atoms with Crippen molar-refractivity contribution in [3.05, 3.63) is 29.8 Å². The van der Waals surface area contributed by atoms with Crippen molar-refractivity contribution in [3.63, 3.8) is 0 Å². The Bertz CT molecular complexity index is 444. The van der Waals surface area contributed by atoms with E-state index in [0.717, 1.165) is 25.8 Å². The average molecular weight is 239 g/mol. The maximum atomic E-state index is 12.2. The maximum absolute atomic E-state index is 12.2. The fourth-order valence-electron chi connectivity index (χ4n) is 2.00. The first kappa shape index (κ1) is 11.6. The Kier molecular flexibility index (Phi) is 3.30. The van der Waals surface area contributed by atoms with Crippen LogP contribution in [0.25, 0.3) is 0 Å². The van der Waals surface area contributed by atoms with E-state index in [9.17, 15) is 8.42 Å². The van der Waals surface area contributed by atoms with Crippen LogP contribution in [-0.4, -0.2) is 20.3 Å². The number of hydrogen-bond donors (Lipinski definition) is 1. The van der Waals surface area contributed by atoms with Crippen molar-refractivity contribution in [1.82, 2.24) is 5.32 Å². The Morgan fingerprint density at radius 2 is 2.00 bits per heavy atom. The molecule has 0 saturated carbocycles. The van der Waals surface area contributed by atoms with Crippen LogP contribution in [0.2, 0.25) is 0 Å². The minimum Gasteiger partial charge on any atom is -0.301 e. The summed E-state index contributed by atoms with van der Waals surface area (Å²) in [5, 5.41) is 2.65. The maximum Gasteiger partial charge on any atom is 0.194 e. The zero-order valence-electron chi connectivity index (χ0n) is 9.44. The molecule has 1 aromatic carbocycles. The number of sulfone groups is 1. The van der Waals surface area contributed by atoms with Crippen molar-refractivity contribution in [3.8, 4) is 0 Å². The second-order valence-corrected chi connectivity index (χ2v) is 6.26. The number of hydrogen-bond acceptors (Lipinski definition) is 3. The minimum atomic E-state index is -3.17. The predicted octanol–water partition coefficient (Wildman–Crippen LogP) is 1.73. The number of nitrogens with one attached hydrogen (secondary N) is 1. The lowest BCUT2D eigenvalue weighted by molar-refractivity contribution is 0.571. The smallest absolute Gasteiger partial charge is 0.194 e. The van der Waals surface area contributed by atoms with Gasteiger partial charge in [0.1, 0.15) is 5.37 Å². The molecule has 0 aliphatic carbocycles. The first-order chi connectivity index (χ1) is 7.64. The molecule has 1 fully saturated rings. The van der Waals surface area contributed by atoms with Gasteiger partial charge in [0.25, 0.3) is 0 Å². The molecule has 0 bridgehead atoms. The van der Waals surface area contributed by atoms with Gasteiger partial charge in [-0.05, 0) is 43.5 Å². The third kappa shape index (κ3) is 2.13. The highest BCUT2D eigenvalue weighted by Crippen LogP contribution is 2.21. The monoisotopic (exact) mass is 239 g/mol. The van der Waals surface area contributed by atoms with Gasteiger partial charge in [-0.3, -0.25) is 0 Å². The lowest BCUT2D eigenvalue weighted by atomic mass is 10.2. The van der Waals surface area contributed by atoms with Gasteiger partial charge >= 0.3 is 0 Å². The van der Waals surface area contributed by atoms with Gasteiger partial charge in [0.15, 0.2) is 9.84 Å². The Morgan fingerprint density at radius 3 is 2.50 bits per heavy atom.